The van der Waals surface area contributed by atoms with Gasteiger partial charge in [0, 0.05) is 10.6 Å². The molecular formula is C13H12N4O3. The maximum atomic E-state index is 11.6. The Bertz CT molecular complexity index is 625. The highest BCUT2D eigenvalue weighted by molar-refractivity contribution is 5.95. The Kier molecular flexibility index (Phi) is 5.63. The Morgan fingerprint density at radius 2 is 2.30 bits per heavy atom. The molecule has 1 aromatic rings. The summed E-state index contributed by atoms with van der Waals surface area (Å²) in [4.78, 5) is 14.3. The first-order chi connectivity index (χ1) is 9.65. The van der Waals surface area contributed by atoms with E-state index in [1.165, 1.54) is 20.3 Å². The minimum absolute atomic E-state index is 0.112. The molecule has 0 atom stereocenters. The van der Waals surface area contributed by atoms with Crippen LogP contribution in [-0.2, 0) is 9.53 Å². The predicted octanol–water partition coefficient (Wildman–Crippen LogP) is 3.11. The number of carbonyl (C=O) groups is 1. The van der Waals surface area contributed by atoms with Gasteiger partial charge < -0.3 is 9.47 Å². The van der Waals surface area contributed by atoms with E-state index in [1.54, 1.807) is 18.2 Å². The number of hydrogen-bond donors (Lipinski definition) is 0. The first-order valence-corrected chi connectivity index (χ1v) is 5.55. The van der Waals surface area contributed by atoms with Crippen molar-refractivity contribution in [3.05, 3.63) is 39.8 Å². The Hall–Kier alpha value is -2.97. The minimum atomic E-state index is -0.610. The molecule has 0 spiro atoms. The van der Waals surface area contributed by atoms with E-state index in [-0.39, 0.29) is 12.0 Å². The van der Waals surface area contributed by atoms with E-state index < -0.39 is 5.97 Å². The number of carbonyl (C=O) groups excluding carboxylic acids is 1. The van der Waals surface area contributed by atoms with Gasteiger partial charge in [0.2, 0.25) is 0 Å². The quantitative estimate of drug-likeness (QED) is 0.269. The van der Waals surface area contributed by atoms with Gasteiger partial charge in [-0.1, -0.05) is 5.11 Å². The third-order valence-electron chi connectivity index (χ3n) is 2.43. The summed E-state index contributed by atoms with van der Waals surface area (Å²) in [6.45, 7) is 0. The first kappa shape index (κ1) is 15.1. The van der Waals surface area contributed by atoms with Crippen LogP contribution < -0.4 is 4.74 Å². The zero-order chi connectivity index (χ0) is 15.0. The van der Waals surface area contributed by atoms with Gasteiger partial charge in [-0.15, -0.1) is 0 Å². The van der Waals surface area contributed by atoms with Crippen LogP contribution in [-0.4, -0.2) is 20.2 Å². The summed E-state index contributed by atoms with van der Waals surface area (Å²) in [6.07, 6.45) is 1.33. The van der Waals surface area contributed by atoms with Gasteiger partial charge >= 0.3 is 5.97 Å². The molecule has 0 aliphatic carbocycles. The zero-order valence-electron chi connectivity index (χ0n) is 11.0. The number of hydrogen-bond acceptors (Lipinski definition) is 5. The largest absolute Gasteiger partial charge is 0.497 e. The van der Waals surface area contributed by atoms with Gasteiger partial charge in [0.15, 0.2) is 0 Å². The molecule has 1 aromatic carbocycles. The van der Waals surface area contributed by atoms with Gasteiger partial charge in [-0.2, -0.15) is 5.26 Å². The Morgan fingerprint density at radius 3 is 2.85 bits per heavy atom. The van der Waals surface area contributed by atoms with Gasteiger partial charge in [0.05, 0.1) is 32.3 Å². The number of azide groups is 1. The molecule has 0 saturated carbocycles. The lowest BCUT2D eigenvalue weighted by Gasteiger charge is -2.06. The van der Waals surface area contributed by atoms with Crippen LogP contribution >= 0.6 is 0 Å². The van der Waals surface area contributed by atoms with E-state index in [0.717, 1.165) is 0 Å². The molecule has 0 aliphatic rings. The average molecular weight is 272 g/mol. The maximum absolute atomic E-state index is 11.6. The molecule has 0 radical (unpaired) electrons. The van der Waals surface area contributed by atoms with Gasteiger partial charge in [0.25, 0.3) is 0 Å². The van der Waals surface area contributed by atoms with Crippen molar-refractivity contribution < 1.29 is 14.3 Å². The molecule has 102 valence electrons. The van der Waals surface area contributed by atoms with Crippen LogP contribution in [0.4, 0.5) is 5.69 Å². The highest BCUT2D eigenvalue weighted by Crippen LogP contribution is 2.27. The van der Waals surface area contributed by atoms with Crippen molar-refractivity contribution in [3.63, 3.8) is 0 Å². The van der Waals surface area contributed by atoms with E-state index in [0.29, 0.717) is 17.0 Å². The highest BCUT2D eigenvalue weighted by atomic mass is 16.5. The molecule has 0 heterocycles. The van der Waals surface area contributed by atoms with E-state index in [1.807, 2.05) is 6.07 Å². The van der Waals surface area contributed by atoms with E-state index in [2.05, 4.69) is 14.8 Å². The second kappa shape index (κ2) is 7.46. The van der Waals surface area contributed by atoms with Gasteiger partial charge in [-0.05, 0) is 35.4 Å². The third kappa shape index (κ3) is 3.77. The molecule has 0 unspecified atom stereocenters. The van der Waals surface area contributed by atoms with Crippen molar-refractivity contribution in [2.45, 2.75) is 6.42 Å². The summed E-state index contributed by atoms with van der Waals surface area (Å²) in [5.41, 5.74) is 9.49. The number of nitriles is 1. The smallest absolute Gasteiger partial charge is 0.334 e. The molecular weight excluding hydrogens is 260 g/mol. The lowest BCUT2D eigenvalue weighted by atomic mass is 10.1. The van der Waals surface area contributed by atoms with Gasteiger partial charge in [0.1, 0.15) is 5.75 Å². The Labute approximate surface area is 115 Å². The number of nitrogens with zero attached hydrogens (tertiary/aromatic N) is 4. The van der Waals surface area contributed by atoms with Crippen molar-refractivity contribution in [2.75, 3.05) is 14.2 Å². The fourth-order valence-electron chi connectivity index (χ4n) is 1.50. The number of rotatable bonds is 5. The molecule has 7 nitrogen and oxygen atoms in total. The average Bonchev–Trinajstić information content (AvgIpc) is 2.47. The molecule has 0 bridgehead atoms. The van der Waals surface area contributed by atoms with Crippen LogP contribution in [0, 0.1) is 11.3 Å². The van der Waals surface area contributed by atoms with Crippen LogP contribution in [0.25, 0.3) is 16.5 Å². The fraction of sp³-hybridized carbons (Fsp3) is 0.231. The van der Waals surface area contributed by atoms with Crippen LogP contribution in [0.3, 0.4) is 0 Å². The van der Waals surface area contributed by atoms with Crippen LogP contribution in [0.15, 0.2) is 28.9 Å². The van der Waals surface area contributed by atoms with E-state index in [9.17, 15) is 4.79 Å². The molecule has 0 aliphatic heterocycles. The predicted molar refractivity (Wildman–Crippen MR) is 72.0 cm³/mol. The molecule has 1 rings (SSSR count). The Balaban J connectivity index is 3.37. The number of esters is 1. The van der Waals surface area contributed by atoms with Gasteiger partial charge in [-0.25, -0.2) is 4.79 Å². The van der Waals surface area contributed by atoms with Gasteiger partial charge in [-0.3, -0.25) is 0 Å². The molecule has 0 N–H and O–H groups in total. The summed E-state index contributed by atoms with van der Waals surface area (Å²) in [7, 11) is 2.72. The lowest BCUT2D eigenvalue weighted by molar-refractivity contribution is -0.136. The number of ether oxygens (including phenoxy) is 2. The van der Waals surface area contributed by atoms with Crippen LogP contribution in [0.5, 0.6) is 5.75 Å². The number of benzene rings is 1. The highest BCUT2D eigenvalue weighted by Gasteiger charge is 2.11. The van der Waals surface area contributed by atoms with Crippen molar-refractivity contribution in [1.29, 1.82) is 5.26 Å². The topological polar surface area (TPSA) is 108 Å². The molecule has 0 amide bonds. The molecule has 0 fully saturated rings. The second-order valence-corrected chi connectivity index (χ2v) is 3.61. The SMILES string of the molecule is COC(=O)/C(=C\c1cc(OC)ccc1N=[N+]=[N-])CC#N. The second-order valence-electron chi connectivity index (χ2n) is 3.61. The summed E-state index contributed by atoms with van der Waals surface area (Å²) >= 11 is 0. The third-order valence-corrected chi connectivity index (χ3v) is 2.43. The van der Waals surface area contributed by atoms with Crippen LogP contribution in [0.1, 0.15) is 12.0 Å². The monoisotopic (exact) mass is 272 g/mol. The standard InChI is InChI=1S/C13H12N4O3/c1-19-11-3-4-12(16-17-15)10(8-11)7-9(5-6-14)13(18)20-2/h3-4,7-8H,5H2,1-2H3/b9-7-. The zero-order valence-corrected chi connectivity index (χ0v) is 11.0. The summed E-state index contributed by atoms with van der Waals surface area (Å²) in [6, 6.07) is 6.67. The van der Waals surface area contributed by atoms with E-state index in [4.69, 9.17) is 15.5 Å². The fourth-order valence-corrected chi connectivity index (χ4v) is 1.50. The molecule has 7 heteroatoms. The minimum Gasteiger partial charge on any atom is -0.497 e. The van der Waals surface area contributed by atoms with Crippen LogP contribution in [0.2, 0.25) is 0 Å². The maximum Gasteiger partial charge on any atom is 0.334 e. The summed E-state index contributed by atoms with van der Waals surface area (Å²) < 4.78 is 9.67. The van der Waals surface area contributed by atoms with Crippen molar-refractivity contribution in [2.24, 2.45) is 5.11 Å². The normalized spacial score (nSPS) is 10.2. The van der Waals surface area contributed by atoms with Crippen molar-refractivity contribution >= 4 is 17.7 Å². The van der Waals surface area contributed by atoms with E-state index >= 15 is 0 Å². The number of methoxy groups -OCH3 is 2. The Morgan fingerprint density at radius 1 is 1.55 bits per heavy atom. The summed E-state index contributed by atoms with van der Waals surface area (Å²) in [5, 5.41) is 12.3. The molecule has 20 heavy (non-hydrogen) atoms. The molecule has 0 saturated heterocycles. The summed E-state index contributed by atoms with van der Waals surface area (Å²) in [5.74, 6) is -0.0735. The molecule has 0 aromatic heterocycles. The van der Waals surface area contributed by atoms with Crippen molar-refractivity contribution in [1.82, 2.24) is 0 Å². The first-order valence-electron chi connectivity index (χ1n) is 5.55. The lowest BCUT2D eigenvalue weighted by Crippen LogP contribution is -2.04. The van der Waals surface area contributed by atoms with Crippen molar-refractivity contribution in [3.8, 4) is 11.8 Å².